The van der Waals surface area contributed by atoms with Gasteiger partial charge in [-0.25, -0.2) is 9.78 Å². The van der Waals surface area contributed by atoms with Gasteiger partial charge in [0.25, 0.3) is 0 Å². The second-order valence-corrected chi connectivity index (χ2v) is 6.43. The molecule has 1 fully saturated rings. The van der Waals surface area contributed by atoms with Gasteiger partial charge in [-0.15, -0.1) is 0 Å². The summed E-state index contributed by atoms with van der Waals surface area (Å²) in [4.78, 5) is 32.6. The van der Waals surface area contributed by atoms with Crippen molar-refractivity contribution in [2.24, 2.45) is 0 Å². The minimum absolute atomic E-state index is 0.0661. The van der Waals surface area contributed by atoms with Gasteiger partial charge in [0, 0.05) is 18.4 Å². The van der Waals surface area contributed by atoms with E-state index in [-0.39, 0.29) is 17.6 Å². The predicted molar refractivity (Wildman–Crippen MR) is 96.2 cm³/mol. The Morgan fingerprint density at radius 3 is 2.84 bits per heavy atom. The molecule has 5 heteroatoms. The predicted octanol–water partition coefficient (Wildman–Crippen LogP) is 2.83. The lowest BCUT2D eigenvalue weighted by Crippen LogP contribution is -2.33. The van der Waals surface area contributed by atoms with Gasteiger partial charge in [0.2, 0.25) is 5.91 Å². The number of H-pyrrole nitrogens is 1. The average Bonchev–Trinajstić information content (AvgIpc) is 3.11. The second-order valence-electron chi connectivity index (χ2n) is 6.43. The van der Waals surface area contributed by atoms with Crippen LogP contribution in [0.25, 0.3) is 10.8 Å². The molecule has 4 rings (SSSR count). The van der Waals surface area contributed by atoms with Crippen molar-refractivity contribution in [1.29, 1.82) is 0 Å². The number of rotatable bonds is 3. The SMILES string of the molecule is O=C(Cc1ccc2ccccc2c1)N1CCC[C@H]1c1ccnc(=O)[nH]1. The van der Waals surface area contributed by atoms with Crippen LogP contribution in [0, 0.1) is 0 Å². The molecule has 0 saturated carbocycles. The van der Waals surface area contributed by atoms with Crippen molar-refractivity contribution < 1.29 is 4.79 Å². The summed E-state index contributed by atoms with van der Waals surface area (Å²) in [5, 5.41) is 2.32. The first-order valence-corrected chi connectivity index (χ1v) is 8.53. The number of aromatic amines is 1. The van der Waals surface area contributed by atoms with Crippen LogP contribution in [0.2, 0.25) is 0 Å². The standard InChI is InChI=1S/C20H19N3O2/c24-19(13-14-7-8-15-4-1-2-5-16(15)12-14)23-11-3-6-18(23)17-9-10-21-20(25)22-17/h1-2,4-5,7-10,12,18H,3,6,11,13H2,(H,21,22,25)/t18-/m0/s1. The highest BCUT2D eigenvalue weighted by Gasteiger charge is 2.30. The van der Waals surface area contributed by atoms with Crippen LogP contribution in [0.5, 0.6) is 0 Å². The van der Waals surface area contributed by atoms with E-state index in [1.807, 2.05) is 23.1 Å². The number of nitrogens with one attached hydrogen (secondary N) is 1. The average molecular weight is 333 g/mol. The Labute approximate surface area is 145 Å². The van der Waals surface area contributed by atoms with E-state index in [1.54, 1.807) is 6.07 Å². The molecule has 0 spiro atoms. The largest absolute Gasteiger partial charge is 0.345 e. The third kappa shape index (κ3) is 3.18. The molecule has 25 heavy (non-hydrogen) atoms. The molecule has 1 saturated heterocycles. The van der Waals surface area contributed by atoms with Crippen molar-refractivity contribution >= 4 is 16.7 Å². The van der Waals surface area contributed by atoms with Gasteiger partial charge >= 0.3 is 5.69 Å². The molecule has 5 nitrogen and oxygen atoms in total. The molecule has 1 atom stereocenters. The first-order valence-electron chi connectivity index (χ1n) is 8.53. The summed E-state index contributed by atoms with van der Waals surface area (Å²) >= 11 is 0. The lowest BCUT2D eigenvalue weighted by Gasteiger charge is -2.24. The fraction of sp³-hybridized carbons (Fsp3) is 0.250. The summed E-state index contributed by atoms with van der Waals surface area (Å²) in [5.41, 5.74) is 1.41. The highest BCUT2D eigenvalue weighted by molar-refractivity contribution is 5.85. The van der Waals surface area contributed by atoms with Gasteiger partial charge in [0.05, 0.1) is 12.5 Å². The third-order valence-electron chi connectivity index (χ3n) is 4.80. The van der Waals surface area contributed by atoms with Crippen LogP contribution in [0.1, 0.15) is 30.1 Å². The molecule has 126 valence electrons. The van der Waals surface area contributed by atoms with E-state index >= 15 is 0 Å². The van der Waals surface area contributed by atoms with Crippen LogP contribution in [-0.4, -0.2) is 27.3 Å². The number of amides is 1. The quantitative estimate of drug-likeness (QED) is 0.801. The van der Waals surface area contributed by atoms with Crippen molar-refractivity contribution in [1.82, 2.24) is 14.9 Å². The van der Waals surface area contributed by atoms with Crippen molar-refractivity contribution in [2.45, 2.75) is 25.3 Å². The smallest absolute Gasteiger partial charge is 0.334 e. The first kappa shape index (κ1) is 15.6. The molecular formula is C20H19N3O2. The lowest BCUT2D eigenvalue weighted by molar-refractivity contribution is -0.131. The van der Waals surface area contributed by atoms with Crippen molar-refractivity contribution in [2.75, 3.05) is 6.54 Å². The maximum absolute atomic E-state index is 12.8. The van der Waals surface area contributed by atoms with E-state index < -0.39 is 0 Å². The maximum atomic E-state index is 12.8. The van der Waals surface area contributed by atoms with Crippen LogP contribution in [0.15, 0.2) is 59.5 Å². The lowest BCUT2D eigenvalue weighted by atomic mass is 10.0. The number of carbonyl (C=O) groups excluding carboxylic acids is 1. The molecule has 1 N–H and O–H groups in total. The zero-order chi connectivity index (χ0) is 17.2. The molecule has 0 aliphatic carbocycles. The summed E-state index contributed by atoms with van der Waals surface area (Å²) in [6.07, 6.45) is 3.68. The van der Waals surface area contributed by atoms with E-state index in [1.165, 1.54) is 11.6 Å². The Bertz CT molecular complexity index is 980. The Morgan fingerprint density at radius 2 is 2.00 bits per heavy atom. The van der Waals surface area contributed by atoms with Gasteiger partial charge in [-0.05, 0) is 35.2 Å². The molecule has 0 bridgehead atoms. The Kier molecular flexibility index (Phi) is 4.06. The van der Waals surface area contributed by atoms with Crippen LogP contribution >= 0.6 is 0 Å². The fourth-order valence-electron chi connectivity index (χ4n) is 3.59. The summed E-state index contributed by atoms with van der Waals surface area (Å²) in [5.74, 6) is 0.0930. The molecular weight excluding hydrogens is 314 g/mol. The van der Waals surface area contributed by atoms with Crippen LogP contribution in [0.3, 0.4) is 0 Å². The normalized spacial score (nSPS) is 17.1. The Balaban J connectivity index is 1.55. The number of carbonyl (C=O) groups is 1. The molecule has 1 aromatic heterocycles. The number of benzene rings is 2. The number of hydrogen-bond acceptors (Lipinski definition) is 3. The summed E-state index contributed by atoms with van der Waals surface area (Å²) in [6, 6.07) is 16.0. The molecule has 2 heterocycles. The number of fused-ring (bicyclic) bond motifs is 1. The molecule has 1 amide bonds. The van der Waals surface area contributed by atoms with Gasteiger partial charge in [-0.2, -0.15) is 0 Å². The van der Waals surface area contributed by atoms with E-state index in [0.29, 0.717) is 6.42 Å². The summed E-state index contributed by atoms with van der Waals surface area (Å²) < 4.78 is 0. The monoisotopic (exact) mass is 333 g/mol. The minimum atomic E-state index is -0.369. The van der Waals surface area contributed by atoms with Crippen molar-refractivity contribution in [3.63, 3.8) is 0 Å². The van der Waals surface area contributed by atoms with Crippen LogP contribution in [-0.2, 0) is 11.2 Å². The number of hydrogen-bond donors (Lipinski definition) is 1. The molecule has 1 aliphatic rings. The zero-order valence-corrected chi connectivity index (χ0v) is 13.8. The Morgan fingerprint density at radius 1 is 1.16 bits per heavy atom. The maximum Gasteiger partial charge on any atom is 0.345 e. The second kappa shape index (κ2) is 6.51. The summed E-state index contributed by atoms with van der Waals surface area (Å²) in [7, 11) is 0. The fourth-order valence-corrected chi connectivity index (χ4v) is 3.59. The van der Waals surface area contributed by atoms with Gasteiger partial charge in [-0.1, -0.05) is 42.5 Å². The molecule has 3 aromatic rings. The van der Waals surface area contributed by atoms with Crippen molar-refractivity contribution in [3.05, 3.63) is 76.5 Å². The van der Waals surface area contributed by atoms with Crippen LogP contribution in [0.4, 0.5) is 0 Å². The number of aromatic nitrogens is 2. The van der Waals surface area contributed by atoms with E-state index in [0.717, 1.165) is 36.0 Å². The van der Waals surface area contributed by atoms with E-state index in [9.17, 15) is 9.59 Å². The third-order valence-corrected chi connectivity index (χ3v) is 4.80. The van der Waals surface area contributed by atoms with Gasteiger partial charge in [0.1, 0.15) is 0 Å². The van der Waals surface area contributed by atoms with Crippen molar-refractivity contribution in [3.8, 4) is 0 Å². The van der Waals surface area contributed by atoms with Gasteiger partial charge in [0.15, 0.2) is 0 Å². The highest BCUT2D eigenvalue weighted by Crippen LogP contribution is 2.30. The number of likely N-dealkylation sites (tertiary alicyclic amines) is 1. The minimum Gasteiger partial charge on any atom is -0.334 e. The highest BCUT2D eigenvalue weighted by atomic mass is 16.2. The molecule has 0 unspecified atom stereocenters. The van der Waals surface area contributed by atoms with Gasteiger partial charge < -0.3 is 9.88 Å². The number of nitrogens with zero attached hydrogens (tertiary/aromatic N) is 2. The van der Waals surface area contributed by atoms with Gasteiger partial charge in [-0.3, -0.25) is 4.79 Å². The Hall–Kier alpha value is -2.95. The van der Waals surface area contributed by atoms with Crippen LogP contribution < -0.4 is 5.69 Å². The zero-order valence-electron chi connectivity index (χ0n) is 13.8. The topological polar surface area (TPSA) is 66.1 Å². The molecule has 1 aliphatic heterocycles. The van der Waals surface area contributed by atoms with E-state index in [4.69, 9.17) is 0 Å². The molecule has 0 radical (unpaired) electrons. The molecule has 2 aromatic carbocycles. The summed E-state index contributed by atoms with van der Waals surface area (Å²) in [6.45, 7) is 0.724. The van der Waals surface area contributed by atoms with E-state index in [2.05, 4.69) is 34.2 Å². The first-order chi connectivity index (χ1) is 12.2.